The molecule has 1 aromatic heterocycles. The van der Waals surface area contributed by atoms with Crippen LogP contribution in [0, 0.1) is 6.92 Å². The average Bonchev–Trinajstić information content (AvgIpc) is 2.73. The first-order valence-electron chi connectivity index (χ1n) is 9.57. The van der Waals surface area contributed by atoms with Gasteiger partial charge >= 0.3 is 0 Å². The highest BCUT2D eigenvalue weighted by Crippen LogP contribution is 2.30. The summed E-state index contributed by atoms with van der Waals surface area (Å²) in [5, 5.41) is 3.05. The second kappa shape index (κ2) is 9.07. The van der Waals surface area contributed by atoms with E-state index in [1.165, 1.54) is 36.4 Å². The molecule has 0 aliphatic heterocycles. The van der Waals surface area contributed by atoms with E-state index in [4.69, 9.17) is 4.74 Å². The largest absolute Gasteiger partial charge is 0.487 e. The molecular formula is C22H25N2O5S2+. The number of rotatable bonds is 8. The number of hydrogen-bond donors (Lipinski definition) is 1. The Morgan fingerprint density at radius 1 is 0.935 bits per heavy atom. The lowest BCUT2D eigenvalue weighted by atomic mass is 10.2. The number of anilines is 1. The fourth-order valence-electron chi connectivity index (χ4n) is 3.10. The van der Waals surface area contributed by atoms with Gasteiger partial charge in [-0.1, -0.05) is 12.1 Å². The molecule has 0 atom stereocenters. The quantitative estimate of drug-likeness (QED) is 0.519. The highest BCUT2D eigenvalue weighted by atomic mass is 32.2. The molecule has 0 aliphatic carbocycles. The van der Waals surface area contributed by atoms with Crippen molar-refractivity contribution >= 4 is 25.4 Å². The Labute approximate surface area is 183 Å². The van der Waals surface area contributed by atoms with Gasteiger partial charge in [0.15, 0.2) is 28.8 Å². The van der Waals surface area contributed by atoms with E-state index >= 15 is 0 Å². The number of hydrogen-bond acceptors (Lipinski definition) is 6. The van der Waals surface area contributed by atoms with Crippen LogP contribution < -0.4 is 14.6 Å². The van der Waals surface area contributed by atoms with E-state index in [0.29, 0.717) is 24.5 Å². The third kappa shape index (κ3) is 5.42. The van der Waals surface area contributed by atoms with Crippen molar-refractivity contribution in [2.24, 2.45) is 0 Å². The molecule has 9 heteroatoms. The van der Waals surface area contributed by atoms with Crippen LogP contribution in [-0.4, -0.2) is 36.7 Å². The van der Waals surface area contributed by atoms with Crippen LogP contribution >= 0.6 is 0 Å². The number of aromatic nitrogens is 1. The van der Waals surface area contributed by atoms with Crippen molar-refractivity contribution in [1.29, 1.82) is 0 Å². The lowest BCUT2D eigenvalue weighted by molar-refractivity contribution is -0.697. The van der Waals surface area contributed by atoms with Crippen LogP contribution in [0.1, 0.15) is 5.56 Å². The molecule has 7 nitrogen and oxygen atoms in total. The standard InChI is InChI=1S/C22H24N2O5S2/c1-17-14-19(29-13-12-24-10-8-18(23-2)9-11-24)16-20(15-17)31(27,28)22-7-5-4-6-21(22)30(3,25)26/h4-11,14-16H,12-13H2,1-3H3/p+1. The summed E-state index contributed by atoms with van der Waals surface area (Å²) < 4.78 is 58.4. The van der Waals surface area contributed by atoms with Crippen molar-refractivity contribution in [1.82, 2.24) is 0 Å². The molecule has 0 saturated carbocycles. The fraction of sp³-hybridized carbons (Fsp3) is 0.227. The SMILES string of the molecule is CNc1cc[n+](CCOc2cc(C)cc(S(=O)(=O)c3ccccc3S(C)(=O)=O)c2)cc1. The molecule has 0 spiro atoms. The van der Waals surface area contributed by atoms with Crippen molar-refractivity contribution in [3.63, 3.8) is 0 Å². The first kappa shape index (κ1) is 22.8. The summed E-state index contributed by atoms with van der Waals surface area (Å²) in [4.78, 5) is -0.473. The van der Waals surface area contributed by atoms with Crippen LogP contribution in [0.25, 0.3) is 0 Å². The first-order valence-corrected chi connectivity index (χ1v) is 12.9. The van der Waals surface area contributed by atoms with Gasteiger partial charge in [-0.3, -0.25) is 0 Å². The molecule has 3 aromatic rings. The van der Waals surface area contributed by atoms with Gasteiger partial charge in [-0.25, -0.2) is 21.4 Å². The maximum absolute atomic E-state index is 13.2. The number of nitrogens with one attached hydrogen (secondary N) is 1. The highest BCUT2D eigenvalue weighted by molar-refractivity contribution is 7.94. The summed E-state index contributed by atoms with van der Waals surface area (Å²) in [7, 11) is -5.92. The molecule has 3 rings (SSSR count). The van der Waals surface area contributed by atoms with Gasteiger partial charge in [0, 0.05) is 31.1 Å². The minimum absolute atomic E-state index is 0.00961. The second-order valence-corrected chi connectivity index (χ2v) is 11.0. The van der Waals surface area contributed by atoms with E-state index in [9.17, 15) is 16.8 Å². The summed E-state index contributed by atoms with van der Waals surface area (Å²) in [6.45, 7) is 2.68. The van der Waals surface area contributed by atoms with Gasteiger partial charge in [0.2, 0.25) is 9.84 Å². The molecule has 0 radical (unpaired) electrons. The minimum atomic E-state index is -4.05. The predicted octanol–water partition coefficient (Wildman–Crippen LogP) is 2.64. The zero-order valence-corrected chi connectivity index (χ0v) is 19.2. The lowest BCUT2D eigenvalue weighted by Crippen LogP contribution is -2.35. The van der Waals surface area contributed by atoms with Crippen LogP contribution in [0.15, 0.2) is 81.7 Å². The fourth-order valence-corrected chi connectivity index (χ4v) is 6.10. The van der Waals surface area contributed by atoms with Crippen molar-refractivity contribution in [3.8, 4) is 5.75 Å². The summed E-state index contributed by atoms with van der Waals surface area (Å²) in [5.74, 6) is 0.405. The van der Waals surface area contributed by atoms with Gasteiger partial charge in [-0.2, -0.15) is 0 Å². The highest BCUT2D eigenvalue weighted by Gasteiger charge is 2.26. The second-order valence-electron chi connectivity index (χ2n) is 7.13. The van der Waals surface area contributed by atoms with E-state index in [1.807, 2.05) is 36.1 Å². The van der Waals surface area contributed by atoms with Crippen LogP contribution in [0.3, 0.4) is 0 Å². The Bertz CT molecular complexity index is 1290. The average molecular weight is 462 g/mol. The van der Waals surface area contributed by atoms with E-state index in [2.05, 4.69) is 5.32 Å². The molecule has 2 aromatic carbocycles. The molecule has 0 aliphatic rings. The van der Waals surface area contributed by atoms with Gasteiger partial charge in [0.1, 0.15) is 12.4 Å². The normalized spacial score (nSPS) is 11.8. The summed E-state index contributed by atoms with van der Waals surface area (Å²) in [5.41, 5.74) is 1.69. The molecule has 0 saturated heterocycles. The minimum Gasteiger partial charge on any atom is -0.487 e. The number of benzene rings is 2. The van der Waals surface area contributed by atoms with E-state index in [-0.39, 0.29) is 14.7 Å². The maximum Gasteiger partial charge on any atom is 0.208 e. The zero-order valence-electron chi connectivity index (χ0n) is 17.6. The Morgan fingerprint density at radius 2 is 1.58 bits per heavy atom. The van der Waals surface area contributed by atoms with Crippen molar-refractivity contribution < 1.29 is 26.1 Å². The number of sulfone groups is 2. The van der Waals surface area contributed by atoms with Crippen LogP contribution in [-0.2, 0) is 26.2 Å². The van der Waals surface area contributed by atoms with Gasteiger partial charge in [0.05, 0.1) is 14.7 Å². The lowest BCUT2D eigenvalue weighted by Gasteiger charge is -2.12. The Morgan fingerprint density at radius 3 is 2.19 bits per heavy atom. The van der Waals surface area contributed by atoms with Gasteiger partial charge in [0.25, 0.3) is 0 Å². The number of aryl methyl sites for hydroxylation is 1. The van der Waals surface area contributed by atoms with E-state index < -0.39 is 19.7 Å². The van der Waals surface area contributed by atoms with Crippen LogP contribution in [0.5, 0.6) is 5.75 Å². The first-order chi connectivity index (χ1) is 14.6. The summed E-state index contributed by atoms with van der Waals surface area (Å²) in [6.07, 6.45) is 4.83. The van der Waals surface area contributed by atoms with Gasteiger partial charge < -0.3 is 10.1 Å². The van der Waals surface area contributed by atoms with Crippen LogP contribution in [0.4, 0.5) is 5.69 Å². The van der Waals surface area contributed by atoms with Gasteiger partial charge in [-0.15, -0.1) is 0 Å². The molecule has 0 unspecified atom stereocenters. The molecule has 0 fully saturated rings. The molecule has 0 amide bonds. The number of ether oxygens (including phenoxy) is 1. The number of pyridine rings is 1. The smallest absolute Gasteiger partial charge is 0.208 e. The van der Waals surface area contributed by atoms with Crippen molar-refractivity contribution in [2.75, 3.05) is 25.2 Å². The number of nitrogens with zero attached hydrogens (tertiary/aromatic N) is 1. The third-order valence-corrected chi connectivity index (χ3v) is 7.75. The van der Waals surface area contributed by atoms with Crippen LogP contribution in [0.2, 0.25) is 0 Å². The molecule has 164 valence electrons. The van der Waals surface area contributed by atoms with Gasteiger partial charge in [-0.05, 0) is 42.8 Å². The summed E-state index contributed by atoms with van der Waals surface area (Å²) in [6, 6.07) is 14.2. The molecule has 0 bridgehead atoms. The molecular weight excluding hydrogens is 436 g/mol. The predicted molar refractivity (Wildman–Crippen MR) is 118 cm³/mol. The van der Waals surface area contributed by atoms with E-state index in [1.54, 1.807) is 13.0 Å². The Balaban J connectivity index is 1.85. The monoisotopic (exact) mass is 461 g/mol. The zero-order chi connectivity index (χ0) is 22.6. The van der Waals surface area contributed by atoms with E-state index in [0.717, 1.165) is 11.9 Å². The Hall–Kier alpha value is -2.91. The maximum atomic E-state index is 13.2. The molecule has 31 heavy (non-hydrogen) atoms. The van der Waals surface area contributed by atoms with Crippen molar-refractivity contribution in [2.45, 2.75) is 28.2 Å². The van der Waals surface area contributed by atoms with Crippen molar-refractivity contribution in [3.05, 3.63) is 72.6 Å². The molecule has 1 heterocycles. The topological polar surface area (TPSA) is 93.4 Å². The summed E-state index contributed by atoms with van der Waals surface area (Å²) >= 11 is 0. The Kier molecular flexibility index (Phi) is 6.66. The molecule has 1 N–H and O–H groups in total. The third-order valence-electron chi connectivity index (χ3n) is 4.67.